The summed E-state index contributed by atoms with van der Waals surface area (Å²) < 4.78 is 1.15. The van der Waals surface area contributed by atoms with Gasteiger partial charge in [-0.25, -0.2) is 9.97 Å². The van der Waals surface area contributed by atoms with E-state index >= 15 is 0 Å². The van der Waals surface area contributed by atoms with Crippen molar-refractivity contribution in [2.24, 2.45) is 0 Å². The van der Waals surface area contributed by atoms with Gasteiger partial charge in [-0.1, -0.05) is 12.1 Å². The number of hydrogen-bond donors (Lipinski definition) is 2. The number of anilines is 2. The van der Waals surface area contributed by atoms with E-state index in [1.807, 2.05) is 25.1 Å². The number of aromatic nitrogens is 3. The lowest BCUT2D eigenvalue weighted by Crippen LogP contribution is -2.23. The Hall–Kier alpha value is -3.49. The van der Waals surface area contributed by atoms with Gasteiger partial charge in [0.1, 0.15) is 11.5 Å². The first-order chi connectivity index (χ1) is 12.1. The van der Waals surface area contributed by atoms with Gasteiger partial charge in [0.2, 0.25) is 5.82 Å². The molecule has 128 valence electrons. The first-order valence-electron chi connectivity index (χ1n) is 7.63. The quantitative estimate of drug-likeness (QED) is 0.399. The molecule has 0 fully saturated rings. The van der Waals surface area contributed by atoms with Crippen LogP contribution >= 0.6 is 0 Å². The fourth-order valence-corrected chi connectivity index (χ4v) is 2.38. The number of hydrogen-bond acceptors (Lipinski definition) is 7. The minimum Gasteiger partial charge on any atom is -0.368 e. The van der Waals surface area contributed by atoms with E-state index in [1.54, 1.807) is 18.2 Å². The summed E-state index contributed by atoms with van der Waals surface area (Å²) in [7, 11) is 0. The van der Waals surface area contributed by atoms with Gasteiger partial charge in [0.25, 0.3) is 0 Å². The summed E-state index contributed by atoms with van der Waals surface area (Å²) in [6.45, 7) is 2.69. The van der Waals surface area contributed by atoms with E-state index in [1.165, 1.54) is 6.20 Å². The molecule has 9 heteroatoms. The SMILES string of the molecule is Cc1cccc(NCCNc2nc3ccccn3c(=O)c2[N+](=O)[O-])n1. The van der Waals surface area contributed by atoms with Crippen LogP contribution in [0.25, 0.3) is 5.65 Å². The molecular formula is C16H16N6O3. The van der Waals surface area contributed by atoms with Crippen LogP contribution in [0.1, 0.15) is 5.69 Å². The van der Waals surface area contributed by atoms with Crippen molar-refractivity contribution in [1.82, 2.24) is 14.4 Å². The van der Waals surface area contributed by atoms with Crippen molar-refractivity contribution in [2.45, 2.75) is 6.92 Å². The number of aryl methyl sites for hydroxylation is 1. The average molecular weight is 340 g/mol. The van der Waals surface area contributed by atoms with E-state index in [2.05, 4.69) is 20.6 Å². The van der Waals surface area contributed by atoms with Crippen molar-refractivity contribution in [3.63, 3.8) is 0 Å². The van der Waals surface area contributed by atoms with Crippen LogP contribution in [0.2, 0.25) is 0 Å². The second kappa shape index (κ2) is 6.95. The highest BCUT2D eigenvalue weighted by molar-refractivity contribution is 5.59. The van der Waals surface area contributed by atoms with Crippen molar-refractivity contribution >= 4 is 23.0 Å². The molecule has 3 heterocycles. The molecule has 0 aliphatic heterocycles. The second-order valence-corrected chi connectivity index (χ2v) is 5.32. The fourth-order valence-electron chi connectivity index (χ4n) is 2.38. The highest BCUT2D eigenvalue weighted by Gasteiger charge is 2.22. The molecule has 0 aliphatic rings. The molecule has 3 rings (SSSR count). The Morgan fingerprint density at radius 2 is 1.92 bits per heavy atom. The van der Waals surface area contributed by atoms with E-state index < -0.39 is 16.2 Å². The van der Waals surface area contributed by atoms with Gasteiger partial charge in [-0.2, -0.15) is 0 Å². The first-order valence-corrected chi connectivity index (χ1v) is 7.63. The van der Waals surface area contributed by atoms with Crippen molar-refractivity contribution in [3.05, 3.63) is 68.8 Å². The van der Waals surface area contributed by atoms with Crippen LogP contribution in [-0.2, 0) is 0 Å². The molecule has 0 aromatic carbocycles. The Kier molecular flexibility index (Phi) is 4.55. The van der Waals surface area contributed by atoms with Crippen LogP contribution in [0.4, 0.5) is 17.3 Å². The highest BCUT2D eigenvalue weighted by Crippen LogP contribution is 2.17. The lowest BCUT2D eigenvalue weighted by atomic mass is 10.3. The smallest absolute Gasteiger partial charge is 0.368 e. The molecule has 3 aromatic heterocycles. The third kappa shape index (κ3) is 3.55. The summed E-state index contributed by atoms with van der Waals surface area (Å²) in [5.74, 6) is 0.669. The monoisotopic (exact) mass is 340 g/mol. The molecule has 0 amide bonds. The largest absolute Gasteiger partial charge is 0.376 e. The Labute approximate surface area is 142 Å². The third-order valence-corrected chi connectivity index (χ3v) is 3.50. The normalized spacial score (nSPS) is 10.6. The highest BCUT2D eigenvalue weighted by atomic mass is 16.6. The number of nitrogens with one attached hydrogen (secondary N) is 2. The Bertz CT molecular complexity index is 985. The predicted octanol–water partition coefficient (Wildman–Crippen LogP) is 1.83. The van der Waals surface area contributed by atoms with Gasteiger partial charge in [0.05, 0.1) is 4.92 Å². The maximum absolute atomic E-state index is 12.3. The van der Waals surface area contributed by atoms with Crippen LogP contribution < -0.4 is 16.2 Å². The summed E-state index contributed by atoms with van der Waals surface area (Å²) in [5.41, 5.74) is -0.0597. The zero-order valence-corrected chi connectivity index (χ0v) is 13.5. The molecule has 0 atom stereocenters. The van der Waals surface area contributed by atoms with Gasteiger partial charge in [-0.3, -0.25) is 19.3 Å². The summed E-state index contributed by atoms with van der Waals surface area (Å²) in [6.07, 6.45) is 1.45. The lowest BCUT2D eigenvalue weighted by molar-refractivity contribution is -0.385. The number of nitro groups is 1. The molecule has 9 nitrogen and oxygen atoms in total. The van der Waals surface area contributed by atoms with Crippen LogP contribution in [0.15, 0.2) is 47.4 Å². The molecule has 2 N–H and O–H groups in total. The van der Waals surface area contributed by atoms with Gasteiger partial charge < -0.3 is 10.6 Å². The number of nitrogens with zero attached hydrogens (tertiary/aromatic N) is 4. The molecule has 0 aliphatic carbocycles. The van der Waals surface area contributed by atoms with Gasteiger partial charge in [-0.15, -0.1) is 0 Å². The molecular weight excluding hydrogens is 324 g/mol. The number of rotatable bonds is 6. The zero-order chi connectivity index (χ0) is 17.8. The molecule has 25 heavy (non-hydrogen) atoms. The molecule has 0 saturated carbocycles. The minimum atomic E-state index is -0.716. The van der Waals surface area contributed by atoms with Crippen molar-refractivity contribution < 1.29 is 4.92 Å². The third-order valence-electron chi connectivity index (χ3n) is 3.50. The average Bonchev–Trinajstić information content (AvgIpc) is 2.58. The summed E-state index contributed by atoms with van der Waals surface area (Å²) >= 11 is 0. The van der Waals surface area contributed by atoms with Crippen LogP contribution in [0.3, 0.4) is 0 Å². The minimum absolute atomic E-state index is 0.0415. The van der Waals surface area contributed by atoms with Gasteiger partial charge in [0.15, 0.2) is 0 Å². The maximum Gasteiger partial charge on any atom is 0.376 e. The maximum atomic E-state index is 12.3. The molecule has 0 unspecified atom stereocenters. The summed E-state index contributed by atoms with van der Waals surface area (Å²) in [5, 5.41) is 17.2. The molecule has 0 bridgehead atoms. The predicted molar refractivity (Wildman–Crippen MR) is 94.1 cm³/mol. The molecule has 0 saturated heterocycles. The van der Waals surface area contributed by atoms with Crippen molar-refractivity contribution in [2.75, 3.05) is 23.7 Å². The zero-order valence-electron chi connectivity index (χ0n) is 13.5. The summed E-state index contributed by atoms with van der Waals surface area (Å²) in [4.78, 5) is 31.3. The second-order valence-electron chi connectivity index (χ2n) is 5.32. The van der Waals surface area contributed by atoms with Crippen LogP contribution in [-0.4, -0.2) is 32.4 Å². The van der Waals surface area contributed by atoms with Crippen LogP contribution in [0, 0.1) is 17.0 Å². The Morgan fingerprint density at radius 3 is 2.68 bits per heavy atom. The van der Waals surface area contributed by atoms with Crippen molar-refractivity contribution in [1.29, 1.82) is 0 Å². The molecule has 0 spiro atoms. The Morgan fingerprint density at radius 1 is 1.12 bits per heavy atom. The van der Waals surface area contributed by atoms with E-state index in [-0.39, 0.29) is 5.82 Å². The van der Waals surface area contributed by atoms with E-state index in [4.69, 9.17) is 0 Å². The Balaban J connectivity index is 1.77. The van der Waals surface area contributed by atoms with Crippen LogP contribution in [0.5, 0.6) is 0 Å². The molecule has 3 aromatic rings. The van der Waals surface area contributed by atoms with Crippen molar-refractivity contribution in [3.8, 4) is 0 Å². The topological polar surface area (TPSA) is 114 Å². The molecule has 0 radical (unpaired) electrons. The fraction of sp³-hybridized carbons (Fsp3) is 0.188. The summed E-state index contributed by atoms with van der Waals surface area (Å²) in [6, 6.07) is 10.5. The number of pyridine rings is 2. The van der Waals surface area contributed by atoms with E-state index in [0.717, 1.165) is 10.1 Å². The lowest BCUT2D eigenvalue weighted by Gasteiger charge is -2.09. The van der Waals surface area contributed by atoms with Gasteiger partial charge in [0, 0.05) is 25.0 Å². The standard InChI is InChI=1S/C16H16N6O3/c1-11-5-4-6-12(19-11)17-8-9-18-15-14(22(24)25)16(23)21-10-3-2-7-13(21)20-15/h2-7,10,18H,8-9H2,1H3,(H,17,19). The number of fused-ring (bicyclic) bond motifs is 1. The van der Waals surface area contributed by atoms with Gasteiger partial charge in [-0.05, 0) is 31.2 Å². The van der Waals surface area contributed by atoms with E-state index in [0.29, 0.717) is 24.6 Å². The van der Waals surface area contributed by atoms with Gasteiger partial charge >= 0.3 is 11.2 Å². The first kappa shape index (κ1) is 16.4. The van der Waals surface area contributed by atoms with E-state index in [9.17, 15) is 14.9 Å².